The number of unbranched alkanes of at least 4 members (excludes halogenated alkanes) is 8. The van der Waals surface area contributed by atoms with Crippen molar-refractivity contribution in [3.63, 3.8) is 0 Å². The fourth-order valence-corrected chi connectivity index (χ4v) is 4.58. The standard InChI is InChI=1S/C16H35O4P.C12H27N/c1-5-9-11-15(7-3)13-19-21(17,18)20-14-16(8-4)12-10-6-2;1-3-5-7-9-11-13-12-10-8-6-4-2/h15-16H,5-14H2,1-4H3,(H,17,18);13H,3-12H2,1-2H3. The summed E-state index contributed by atoms with van der Waals surface area (Å²) in [5, 5.41) is 3.50. The second kappa shape index (κ2) is 27.7. The molecule has 2 N–H and O–H groups in total. The maximum absolute atomic E-state index is 11.9. The second-order valence-electron chi connectivity index (χ2n) is 9.76. The summed E-state index contributed by atoms with van der Waals surface area (Å²) >= 11 is 0. The molecule has 34 heavy (non-hydrogen) atoms. The van der Waals surface area contributed by atoms with Gasteiger partial charge in [-0.05, 0) is 50.6 Å². The molecule has 6 heteroatoms. The number of phosphoric acid groups is 1. The van der Waals surface area contributed by atoms with Gasteiger partial charge in [0.2, 0.25) is 0 Å². The van der Waals surface area contributed by atoms with Gasteiger partial charge < -0.3 is 10.2 Å². The maximum atomic E-state index is 11.9. The van der Waals surface area contributed by atoms with E-state index in [0.717, 1.165) is 51.4 Å². The quantitative estimate of drug-likeness (QED) is 0.101. The molecule has 0 amide bonds. The van der Waals surface area contributed by atoms with Crippen LogP contribution in [-0.4, -0.2) is 31.2 Å². The first-order chi connectivity index (χ1) is 16.4. The van der Waals surface area contributed by atoms with Gasteiger partial charge in [-0.3, -0.25) is 9.05 Å². The van der Waals surface area contributed by atoms with E-state index in [1.807, 2.05) is 0 Å². The van der Waals surface area contributed by atoms with Gasteiger partial charge in [0.1, 0.15) is 0 Å². The lowest BCUT2D eigenvalue weighted by Crippen LogP contribution is -2.16. The van der Waals surface area contributed by atoms with Gasteiger partial charge in [0.25, 0.3) is 0 Å². The van der Waals surface area contributed by atoms with E-state index in [0.29, 0.717) is 25.0 Å². The Kier molecular flexibility index (Phi) is 29.5. The van der Waals surface area contributed by atoms with Crippen LogP contribution in [-0.2, 0) is 13.6 Å². The van der Waals surface area contributed by atoms with Crippen molar-refractivity contribution in [2.24, 2.45) is 11.8 Å². The van der Waals surface area contributed by atoms with Crippen LogP contribution >= 0.6 is 7.82 Å². The normalized spacial score (nSPS) is 14.8. The van der Waals surface area contributed by atoms with Crippen LogP contribution in [0.15, 0.2) is 0 Å². The van der Waals surface area contributed by atoms with Gasteiger partial charge in [-0.1, -0.05) is 119 Å². The number of hydrogen-bond acceptors (Lipinski definition) is 4. The molecule has 0 aromatic heterocycles. The highest BCUT2D eigenvalue weighted by molar-refractivity contribution is 7.47. The molecule has 5 nitrogen and oxygen atoms in total. The van der Waals surface area contributed by atoms with Crippen LogP contribution in [0, 0.1) is 11.8 Å². The molecule has 0 aromatic rings. The van der Waals surface area contributed by atoms with Crippen molar-refractivity contribution in [1.82, 2.24) is 5.32 Å². The second-order valence-corrected chi connectivity index (χ2v) is 11.2. The highest BCUT2D eigenvalue weighted by Gasteiger charge is 2.24. The SMILES string of the molecule is CCCCC(CC)COP(=O)(O)OCC(CC)CCCC.CCCCCCNCCCCCC. The van der Waals surface area contributed by atoms with Crippen molar-refractivity contribution >= 4 is 7.82 Å². The zero-order valence-corrected chi connectivity index (χ0v) is 24.8. The molecule has 0 aliphatic heterocycles. The molecule has 0 fully saturated rings. The largest absolute Gasteiger partial charge is 0.472 e. The van der Waals surface area contributed by atoms with Crippen LogP contribution in [0.5, 0.6) is 0 Å². The summed E-state index contributed by atoms with van der Waals surface area (Å²) in [7, 11) is -3.89. The number of phosphoric ester groups is 1. The number of rotatable bonds is 24. The van der Waals surface area contributed by atoms with E-state index in [1.54, 1.807) is 0 Å². The average Bonchev–Trinajstić information content (AvgIpc) is 2.83. The fraction of sp³-hybridized carbons (Fsp3) is 1.00. The molecule has 0 aliphatic carbocycles. The van der Waals surface area contributed by atoms with Gasteiger partial charge >= 0.3 is 7.82 Å². The molecule has 0 bridgehead atoms. The van der Waals surface area contributed by atoms with Crippen LogP contribution in [0.3, 0.4) is 0 Å². The molecule has 2 atom stereocenters. The lowest BCUT2D eigenvalue weighted by Gasteiger charge is -2.20. The highest BCUT2D eigenvalue weighted by Crippen LogP contribution is 2.44. The zero-order chi connectivity index (χ0) is 25.9. The molecule has 0 heterocycles. The molecule has 0 aliphatic rings. The topological polar surface area (TPSA) is 67.8 Å². The summed E-state index contributed by atoms with van der Waals surface area (Å²) < 4.78 is 22.2. The minimum absolute atomic E-state index is 0.316. The Labute approximate surface area is 214 Å². The van der Waals surface area contributed by atoms with Gasteiger partial charge in [-0.25, -0.2) is 4.57 Å². The van der Waals surface area contributed by atoms with E-state index < -0.39 is 7.82 Å². The van der Waals surface area contributed by atoms with E-state index in [4.69, 9.17) is 9.05 Å². The molecule has 0 aromatic carbocycles. The fourth-order valence-electron chi connectivity index (χ4n) is 3.71. The molecule has 0 radical (unpaired) electrons. The van der Waals surface area contributed by atoms with Crippen molar-refractivity contribution in [1.29, 1.82) is 0 Å². The van der Waals surface area contributed by atoms with Crippen LogP contribution in [0.25, 0.3) is 0 Å². The summed E-state index contributed by atoms with van der Waals surface area (Å²) in [6.45, 7) is 16.1. The van der Waals surface area contributed by atoms with Crippen molar-refractivity contribution in [2.45, 2.75) is 144 Å². The van der Waals surface area contributed by atoms with Gasteiger partial charge in [-0.2, -0.15) is 0 Å². The average molecular weight is 508 g/mol. The molecule has 0 saturated heterocycles. The Morgan fingerprint density at radius 2 is 1.00 bits per heavy atom. The lowest BCUT2D eigenvalue weighted by atomic mass is 10.0. The third-order valence-corrected chi connectivity index (χ3v) is 7.40. The Hall–Kier alpha value is 0.0700. The Balaban J connectivity index is 0. The van der Waals surface area contributed by atoms with Crippen molar-refractivity contribution in [3.8, 4) is 0 Å². The highest BCUT2D eigenvalue weighted by atomic mass is 31.2. The van der Waals surface area contributed by atoms with E-state index >= 15 is 0 Å². The molecule has 208 valence electrons. The van der Waals surface area contributed by atoms with E-state index in [-0.39, 0.29) is 0 Å². The van der Waals surface area contributed by atoms with Crippen LogP contribution in [0.1, 0.15) is 144 Å². The van der Waals surface area contributed by atoms with Crippen LogP contribution in [0.2, 0.25) is 0 Å². The van der Waals surface area contributed by atoms with E-state index in [1.165, 1.54) is 64.5 Å². The summed E-state index contributed by atoms with van der Waals surface area (Å²) in [4.78, 5) is 9.77. The Bertz CT molecular complexity index is 403. The summed E-state index contributed by atoms with van der Waals surface area (Å²) in [6, 6.07) is 0. The third kappa shape index (κ3) is 26.7. The van der Waals surface area contributed by atoms with Gasteiger partial charge in [0, 0.05) is 0 Å². The Morgan fingerprint density at radius 1 is 0.618 bits per heavy atom. The molecule has 0 saturated carbocycles. The zero-order valence-electron chi connectivity index (χ0n) is 23.9. The molecule has 2 unspecified atom stereocenters. The maximum Gasteiger partial charge on any atom is 0.472 e. The molecular weight excluding hydrogens is 445 g/mol. The number of hydrogen-bond donors (Lipinski definition) is 2. The third-order valence-electron chi connectivity index (χ3n) is 6.45. The van der Waals surface area contributed by atoms with Crippen molar-refractivity contribution in [3.05, 3.63) is 0 Å². The lowest BCUT2D eigenvalue weighted by molar-refractivity contribution is 0.110. The number of nitrogens with one attached hydrogen (secondary N) is 1. The van der Waals surface area contributed by atoms with Crippen molar-refractivity contribution in [2.75, 3.05) is 26.3 Å². The first-order valence-corrected chi connectivity index (χ1v) is 16.2. The van der Waals surface area contributed by atoms with Crippen LogP contribution in [0.4, 0.5) is 0 Å². The van der Waals surface area contributed by atoms with E-state index in [9.17, 15) is 9.46 Å². The monoisotopic (exact) mass is 507 g/mol. The van der Waals surface area contributed by atoms with Gasteiger partial charge in [0.05, 0.1) is 13.2 Å². The summed E-state index contributed by atoms with van der Waals surface area (Å²) in [5.74, 6) is 0.687. The van der Waals surface area contributed by atoms with Crippen LogP contribution < -0.4 is 5.32 Å². The minimum Gasteiger partial charge on any atom is -0.317 e. The molecular formula is C28H62NO4P. The predicted octanol–water partition coefficient (Wildman–Crippen LogP) is 9.29. The molecule has 0 rings (SSSR count). The summed E-state index contributed by atoms with van der Waals surface area (Å²) in [5.41, 5.74) is 0. The smallest absolute Gasteiger partial charge is 0.317 e. The van der Waals surface area contributed by atoms with Crippen molar-refractivity contribution < 1.29 is 18.5 Å². The van der Waals surface area contributed by atoms with Gasteiger partial charge in [0.15, 0.2) is 0 Å². The van der Waals surface area contributed by atoms with E-state index in [2.05, 4.69) is 46.9 Å². The van der Waals surface area contributed by atoms with Gasteiger partial charge in [-0.15, -0.1) is 0 Å². The first-order valence-electron chi connectivity index (χ1n) is 14.7. The summed E-state index contributed by atoms with van der Waals surface area (Å²) in [6.07, 6.45) is 19.6. The minimum atomic E-state index is -3.89. The molecule has 0 spiro atoms. The predicted molar refractivity (Wildman–Crippen MR) is 149 cm³/mol. The first kappa shape index (κ1) is 36.2. The Morgan fingerprint density at radius 3 is 1.32 bits per heavy atom.